The summed E-state index contributed by atoms with van der Waals surface area (Å²) in [5.41, 5.74) is 2.13. The van der Waals surface area contributed by atoms with Crippen molar-refractivity contribution >= 4 is 29.2 Å². The lowest BCUT2D eigenvalue weighted by Crippen LogP contribution is -2.53. The number of hydrogen-bond acceptors (Lipinski definition) is 7. The molecule has 2 fully saturated rings. The minimum absolute atomic E-state index is 0. The summed E-state index contributed by atoms with van der Waals surface area (Å²) in [6.45, 7) is 9.32. The fraction of sp³-hybridized carbons (Fsp3) is 0.462. The van der Waals surface area contributed by atoms with Crippen LogP contribution < -0.4 is 14.7 Å². The molecule has 2 atom stereocenters. The quantitative estimate of drug-likeness (QED) is 0.480. The van der Waals surface area contributed by atoms with Gasteiger partial charge in [0.15, 0.2) is 11.0 Å². The van der Waals surface area contributed by atoms with Crippen molar-refractivity contribution in [3.05, 3.63) is 53.2 Å². The van der Waals surface area contributed by atoms with Gasteiger partial charge in [-0.1, -0.05) is 31.2 Å². The van der Waals surface area contributed by atoms with Crippen molar-refractivity contribution in [3.8, 4) is 11.3 Å². The highest BCUT2D eigenvalue weighted by atomic mass is 35.5. The van der Waals surface area contributed by atoms with Gasteiger partial charge in [0.25, 0.3) is 0 Å². The number of anilines is 3. The minimum Gasteiger partial charge on any atom is -0.350 e. The van der Waals surface area contributed by atoms with Gasteiger partial charge in [-0.25, -0.2) is 19.3 Å². The van der Waals surface area contributed by atoms with Crippen molar-refractivity contribution in [1.29, 1.82) is 0 Å². The Kier molecular flexibility index (Phi) is 7.40. The highest BCUT2D eigenvalue weighted by Gasteiger charge is 2.29. The third kappa shape index (κ3) is 5.03. The van der Waals surface area contributed by atoms with Crippen LogP contribution >= 0.6 is 11.6 Å². The molecule has 2 aliphatic rings. The van der Waals surface area contributed by atoms with E-state index in [1.165, 1.54) is 0 Å². The fourth-order valence-corrected chi connectivity index (χ4v) is 5.07. The van der Waals surface area contributed by atoms with Crippen LogP contribution in [-0.4, -0.2) is 58.2 Å². The van der Waals surface area contributed by atoms with Crippen LogP contribution in [0.25, 0.3) is 11.3 Å². The standard InChI is InChI=1S/C25H29ClFN7.CH4/c1-16-6-7-19(13-20(16)27)21-14-22(31-25(30-21)34-10-4-5-17(34)2)33-12-11-32(15-18(33)3)24-23(26)28-8-9-29-24;/h6-9,13-14,17-18H,4-5,10-12,15H2,1-3H3;1H4/t17-,18-;/m1./s1. The van der Waals surface area contributed by atoms with E-state index in [0.717, 1.165) is 56.1 Å². The zero-order chi connectivity index (χ0) is 23.8. The molecular formula is C26H33ClFN7. The Bertz CT molecular complexity index is 1190. The molecule has 35 heavy (non-hydrogen) atoms. The van der Waals surface area contributed by atoms with Crippen LogP contribution in [0.4, 0.5) is 22.0 Å². The highest BCUT2D eigenvalue weighted by molar-refractivity contribution is 6.31. The van der Waals surface area contributed by atoms with E-state index in [-0.39, 0.29) is 19.3 Å². The Balaban J connectivity index is 0.00000289. The van der Waals surface area contributed by atoms with Crippen LogP contribution in [0.1, 0.15) is 39.7 Å². The number of benzene rings is 1. The molecule has 2 saturated heterocycles. The molecule has 5 rings (SSSR count). The average Bonchev–Trinajstić information content (AvgIpc) is 3.26. The monoisotopic (exact) mass is 497 g/mol. The number of aryl methyl sites for hydroxylation is 1. The smallest absolute Gasteiger partial charge is 0.228 e. The maximum atomic E-state index is 14.4. The van der Waals surface area contributed by atoms with Gasteiger partial charge in [-0.15, -0.1) is 0 Å². The summed E-state index contributed by atoms with van der Waals surface area (Å²) in [6, 6.07) is 7.82. The topological polar surface area (TPSA) is 61.3 Å². The summed E-state index contributed by atoms with van der Waals surface area (Å²) in [7, 11) is 0. The van der Waals surface area contributed by atoms with Crippen molar-refractivity contribution < 1.29 is 4.39 Å². The minimum atomic E-state index is -0.225. The van der Waals surface area contributed by atoms with Crippen molar-refractivity contribution in [2.45, 2.75) is 53.1 Å². The van der Waals surface area contributed by atoms with Gasteiger partial charge in [0.05, 0.1) is 5.69 Å². The van der Waals surface area contributed by atoms with E-state index in [9.17, 15) is 4.39 Å². The summed E-state index contributed by atoms with van der Waals surface area (Å²) in [4.78, 5) is 25.2. The molecule has 0 amide bonds. The lowest BCUT2D eigenvalue weighted by Gasteiger charge is -2.41. The second kappa shape index (κ2) is 10.3. The molecule has 4 heterocycles. The first kappa shape index (κ1) is 25.1. The molecule has 9 heteroatoms. The largest absolute Gasteiger partial charge is 0.350 e. The van der Waals surface area contributed by atoms with Crippen LogP contribution in [0.2, 0.25) is 5.15 Å². The zero-order valence-corrected chi connectivity index (χ0v) is 20.5. The lowest BCUT2D eigenvalue weighted by atomic mass is 10.1. The average molecular weight is 498 g/mol. The van der Waals surface area contributed by atoms with Gasteiger partial charge >= 0.3 is 0 Å². The number of aromatic nitrogens is 4. The predicted molar refractivity (Wildman–Crippen MR) is 141 cm³/mol. The third-order valence-corrected chi connectivity index (χ3v) is 7.10. The zero-order valence-electron chi connectivity index (χ0n) is 19.7. The molecule has 3 aromatic rings. The Labute approximate surface area is 212 Å². The maximum absolute atomic E-state index is 14.4. The summed E-state index contributed by atoms with van der Waals surface area (Å²) in [6.07, 6.45) is 5.51. The van der Waals surface area contributed by atoms with E-state index in [0.29, 0.717) is 28.5 Å². The fourth-order valence-electron chi connectivity index (χ4n) is 4.84. The second-order valence-electron chi connectivity index (χ2n) is 9.22. The maximum Gasteiger partial charge on any atom is 0.228 e. The Morgan fingerprint density at radius 3 is 2.46 bits per heavy atom. The molecule has 0 bridgehead atoms. The van der Waals surface area contributed by atoms with Crippen LogP contribution in [0.3, 0.4) is 0 Å². The van der Waals surface area contributed by atoms with Crippen LogP contribution in [0, 0.1) is 12.7 Å². The Hall–Kier alpha value is -3.00. The number of piperazine rings is 1. The second-order valence-corrected chi connectivity index (χ2v) is 9.58. The van der Waals surface area contributed by atoms with Crippen molar-refractivity contribution in [1.82, 2.24) is 19.9 Å². The summed E-state index contributed by atoms with van der Waals surface area (Å²) >= 11 is 6.29. The highest BCUT2D eigenvalue weighted by Crippen LogP contribution is 2.32. The van der Waals surface area contributed by atoms with Gasteiger partial charge in [0.2, 0.25) is 5.95 Å². The molecule has 1 aromatic carbocycles. The van der Waals surface area contributed by atoms with E-state index >= 15 is 0 Å². The first-order valence-corrected chi connectivity index (χ1v) is 12.2. The van der Waals surface area contributed by atoms with Gasteiger partial charge in [-0.2, -0.15) is 4.98 Å². The van der Waals surface area contributed by atoms with Crippen LogP contribution in [0.5, 0.6) is 0 Å². The normalized spacial score (nSPS) is 20.2. The molecular weight excluding hydrogens is 465 g/mol. The Morgan fingerprint density at radius 2 is 1.77 bits per heavy atom. The molecule has 0 N–H and O–H groups in total. The molecule has 2 aromatic heterocycles. The molecule has 2 aliphatic heterocycles. The molecule has 0 aliphatic carbocycles. The number of rotatable bonds is 4. The van der Waals surface area contributed by atoms with E-state index in [2.05, 4.69) is 38.5 Å². The summed E-state index contributed by atoms with van der Waals surface area (Å²) < 4.78 is 14.4. The number of hydrogen-bond donors (Lipinski definition) is 0. The first-order valence-electron chi connectivity index (χ1n) is 11.8. The molecule has 7 nitrogen and oxygen atoms in total. The van der Waals surface area contributed by atoms with E-state index in [1.807, 2.05) is 12.1 Å². The SMILES string of the molecule is C.Cc1ccc(-c2cc(N3CCN(c4nccnc4Cl)C[C@H]3C)nc(N3CCC[C@H]3C)n2)cc1F. The molecule has 0 saturated carbocycles. The van der Waals surface area contributed by atoms with Crippen LogP contribution in [0.15, 0.2) is 36.7 Å². The lowest BCUT2D eigenvalue weighted by molar-refractivity contribution is 0.541. The summed E-state index contributed by atoms with van der Waals surface area (Å²) in [5, 5.41) is 0.416. The van der Waals surface area contributed by atoms with E-state index in [1.54, 1.807) is 31.5 Å². The van der Waals surface area contributed by atoms with E-state index < -0.39 is 0 Å². The van der Waals surface area contributed by atoms with Gasteiger partial charge in [-0.3, -0.25) is 0 Å². The number of nitrogens with zero attached hydrogens (tertiary/aromatic N) is 7. The molecule has 0 unspecified atom stereocenters. The van der Waals surface area contributed by atoms with Gasteiger partial charge in [0, 0.05) is 62.3 Å². The third-order valence-electron chi connectivity index (χ3n) is 6.84. The summed E-state index contributed by atoms with van der Waals surface area (Å²) in [5.74, 6) is 2.06. The van der Waals surface area contributed by atoms with Gasteiger partial charge in [-0.05, 0) is 45.2 Å². The Morgan fingerprint density at radius 1 is 0.971 bits per heavy atom. The first-order chi connectivity index (χ1) is 16.4. The van der Waals surface area contributed by atoms with Crippen molar-refractivity contribution in [2.75, 3.05) is 40.9 Å². The predicted octanol–water partition coefficient (Wildman–Crippen LogP) is 5.37. The number of halogens is 2. The van der Waals surface area contributed by atoms with Crippen molar-refractivity contribution in [3.63, 3.8) is 0 Å². The van der Waals surface area contributed by atoms with Gasteiger partial charge in [0.1, 0.15) is 11.6 Å². The molecule has 0 spiro atoms. The molecule has 0 radical (unpaired) electrons. The van der Waals surface area contributed by atoms with E-state index in [4.69, 9.17) is 21.6 Å². The van der Waals surface area contributed by atoms with Gasteiger partial charge < -0.3 is 14.7 Å². The molecule has 186 valence electrons. The van der Waals surface area contributed by atoms with Crippen molar-refractivity contribution in [2.24, 2.45) is 0 Å². The van der Waals surface area contributed by atoms with Crippen LogP contribution in [-0.2, 0) is 0 Å².